The van der Waals surface area contributed by atoms with Crippen LogP contribution < -0.4 is 5.32 Å². The number of carbonyl (C=O) groups excluding carboxylic acids is 3. The highest BCUT2D eigenvalue weighted by Gasteiger charge is 2.40. The molecule has 5 nitrogen and oxygen atoms in total. The number of amides is 3. The largest absolute Gasteiger partial charge is 0.349 e. The summed E-state index contributed by atoms with van der Waals surface area (Å²) in [5, 5.41) is 2.67. The molecular formula is C18H20N2O3. The number of hydrogen-bond acceptors (Lipinski definition) is 3. The lowest BCUT2D eigenvalue weighted by molar-refractivity contribution is 0.0549. The van der Waals surface area contributed by atoms with E-state index >= 15 is 0 Å². The molecule has 1 fully saturated rings. The monoisotopic (exact) mass is 312 g/mol. The Balaban J connectivity index is 1.86. The molecule has 120 valence electrons. The summed E-state index contributed by atoms with van der Waals surface area (Å²) < 4.78 is 0. The summed E-state index contributed by atoms with van der Waals surface area (Å²) in [5.74, 6) is -0.769. The molecule has 1 aromatic rings. The van der Waals surface area contributed by atoms with Crippen LogP contribution in [-0.4, -0.2) is 35.2 Å². The van der Waals surface area contributed by atoms with Gasteiger partial charge in [-0.3, -0.25) is 19.3 Å². The van der Waals surface area contributed by atoms with Gasteiger partial charge in [-0.15, -0.1) is 6.58 Å². The fourth-order valence-electron chi connectivity index (χ4n) is 3.34. The molecule has 0 unspecified atom stereocenters. The summed E-state index contributed by atoms with van der Waals surface area (Å²) in [7, 11) is 0. The van der Waals surface area contributed by atoms with Crippen molar-refractivity contribution >= 4 is 17.7 Å². The smallest absolute Gasteiger partial charge is 0.261 e. The molecule has 0 radical (unpaired) electrons. The van der Waals surface area contributed by atoms with Crippen LogP contribution in [0.2, 0.25) is 0 Å². The molecule has 0 bridgehead atoms. The molecule has 3 amide bonds. The van der Waals surface area contributed by atoms with Crippen LogP contribution in [0.5, 0.6) is 0 Å². The number of benzene rings is 1. The lowest BCUT2D eigenvalue weighted by Gasteiger charge is -2.29. The molecule has 0 atom stereocenters. The Kier molecular flexibility index (Phi) is 4.28. The van der Waals surface area contributed by atoms with E-state index in [4.69, 9.17) is 0 Å². The van der Waals surface area contributed by atoms with E-state index in [1.807, 2.05) is 0 Å². The summed E-state index contributed by atoms with van der Waals surface area (Å²) in [6, 6.07) is 4.69. The predicted molar refractivity (Wildman–Crippen MR) is 86.3 cm³/mol. The third-order valence-corrected chi connectivity index (χ3v) is 4.53. The van der Waals surface area contributed by atoms with Crippen molar-refractivity contribution in [2.45, 2.75) is 38.1 Å². The van der Waals surface area contributed by atoms with Crippen molar-refractivity contribution in [3.8, 4) is 0 Å². The SMILES string of the molecule is C=CCNC(=O)c1ccc2c(c1)C(=O)N(C1CCCCC1)C2=O. The summed E-state index contributed by atoms with van der Waals surface area (Å²) >= 11 is 0. The maximum Gasteiger partial charge on any atom is 0.261 e. The van der Waals surface area contributed by atoms with Crippen LogP contribution in [-0.2, 0) is 0 Å². The second-order valence-electron chi connectivity index (χ2n) is 6.03. The van der Waals surface area contributed by atoms with Crippen molar-refractivity contribution in [2.75, 3.05) is 6.54 Å². The number of nitrogens with one attached hydrogen (secondary N) is 1. The Morgan fingerprint density at radius 1 is 1.17 bits per heavy atom. The van der Waals surface area contributed by atoms with Crippen LogP contribution >= 0.6 is 0 Å². The molecule has 0 aromatic heterocycles. The third-order valence-electron chi connectivity index (χ3n) is 4.53. The van der Waals surface area contributed by atoms with Gasteiger partial charge in [-0.25, -0.2) is 0 Å². The summed E-state index contributed by atoms with van der Waals surface area (Å²) in [5.41, 5.74) is 1.13. The number of rotatable bonds is 4. The Bertz CT molecular complexity index is 675. The maximum absolute atomic E-state index is 12.7. The van der Waals surface area contributed by atoms with Crippen LogP contribution in [0.1, 0.15) is 63.2 Å². The Labute approximate surface area is 135 Å². The van der Waals surface area contributed by atoms with Crippen LogP contribution in [0.4, 0.5) is 0 Å². The van der Waals surface area contributed by atoms with Gasteiger partial charge in [-0.2, -0.15) is 0 Å². The van der Waals surface area contributed by atoms with Gasteiger partial charge in [0, 0.05) is 18.2 Å². The highest BCUT2D eigenvalue weighted by atomic mass is 16.2. The molecule has 0 saturated heterocycles. The van der Waals surface area contributed by atoms with Gasteiger partial charge in [0.1, 0.15) is 0 Å². The second kappa shape index (κ2) is 6.36. The molecule has 3 rings (SSSR count). The average Bonchev–Trinajstić information content (AvgIpc) is 2.84. The van der Waals surface area contributed by atoms with Crippen LogP contribution in [0.3, 0.4) is 0 Å². The number of fused-ring (bicyclic) bond motifs is 1. The minimum Gasteiger partial charge on any atom is -0.349 e. The first kappa shape index (κ1) is 15.5. The standard InChI is InChI=1S/C18H20N2O3/c1-2-10-19-16(21)12-8-9-14-15(11-12)18(23)20(17(14)22)13-6-4-3-5-7-13/h2,8-9,11,13H,1,3-7,10H2,(H,19,21). The maximum atomic E-state index is 12.7. The minimum absolute atomic E-state index is 0.00538. The molecule has 1 heterocycles. The van der Waals surface area contributed by atoms with E-state index in [-0.39, 0.29) is 23.8 Å². The summed E-state index contributed by atoms with van der Waals surface area (Å²) in [6.45, 7) is 3.91. The first-order valence-corrected chi connectivity index (χ1v) is 8.04. The van der Waals surface area contributed by atoms with E-state index < -0.39 is 0 Å². The first-order chi connectivity index (χ1) is 11.1. The van der Waals surface area contributed by atoms with E-state index in [0.29, 0.717) is 23.2 Å². The van der Waals surface area contributed by atoms with Gasteiger partial charge >= 0.3 is 0 Å². The summed E-state index contributed by atoms with van der Waals surface area (Å²) in [4.78, 5) is 38.6. The lowest BCUT2D eigenvalue weighted by atomic mass is 9.94. The normalized spacial score (nSPS) is 18.0. The molecule has 5 heteroatoms. The van der Waals surface area contributed by atoms with Crippen molar-refractivity contribution in [2.24, 2.45) is 0 Å². The molecule has 0 spiro atoms. The summed E-state index contributed by atoms with van der Waals surface area (Å²) in [6.07, 6.45) is 6.59. The van der Waals surface area contributed by atoms with Gasteiger partial charge in [0.05, 0.1) is 11.1 Å². The highest BCUT2D eigenvalue weighted by Crippen LogP contribution is 2.31. The van der Waals surface area contributed by atoms with Gasteiger partial charge in [-0.1, -0.05) is 25.3 Å². The molecule has 1 N–H and O–H groups in total. The molecule has 1 aliphatic carbocycles. The van der Waals surface area contributed by atoms with Gasteiger partial charge < -0.3 is 5.32 Å². The average molecular weight is 312 g/mol. The fraction of sp³-hybridized carbons (Fsp3) is 0.389. The van der Waals surface area contributed by atoms with E-state index in [0.717, 1.165) is 32.1 Å². The van der Waals surface area contributed by atoms with Crippen LogP contribution in [0, 0.1) is 0 Å². The van der Waals surface area contributed by atoms with E-state index in [1.54, 1.807) is 18.2 Å². The number of imide groups is 1. The molecular weight excluding hydrogens is 292 g/mol. The zero-order valence-electron chi connectivity index (χ0n) is 13.0. The second-order valence-corrected chi connectivity index (χ2v) is 6.03. The zero-order chi connectivity index (χ0) is 16.4. The van der Waals surface area contributed by atoms with E-state index in [9.17, 15) is 14.4 Å². The van der Waals surface area contributed by atoms with E-state index in [2.05, 4.69) is 11.9 Å². The van der Waals surface area contributed by atoms with Crippen molar-refractivity contribution in [3.05, 3.63) is 47.5 Å². The number of hydrogen-bond donors (Lipinski definition) is 1. The highest BCUT2D eigenvalue weighted by molar-refractivity contribution is 6.22. The van der Waals surface area contributed by atoms with Crippen molar-refractivity contribution < 1.29 is 14.4 Å². The molecule has 1 aromatic carbocycles. The zero-order valence-corrected chi connectivity index (χ0v) is 13.0. The predicted octanol–water partition coefficient (Wildman–Crippen LogP) is 2.53. The molecule has 1 saturated carbocycles. The molecule has 1 aliphatic heterocycles. The quantitative estimate of drug-likeness (QED) is 0.686. The number of nitrogens with zero attached hydrogens (tertiary/aromatic N) is 1. The topological polar surface area (TPSA) is 66.5 Å². The molecule has 23 heavy (non-hydrogen) atoms. The van der Waals surface area contributed by atoms with Crippen molar-refractivity contribution in [3.63, 3.8) is 0 Å². The Morgan fingerprint density at radius 3 is 2.57 bits per heavy atom. The van der Waals surface area contributed by atoms with Crippen molar-refractivity contribution in [1.82, 2.24) is 10.2 Å². The Morgan fingerprint density at radius 2 is 1.87 bits per heavy atom. The number of carbonyl (C=O) groups is 3. The van der Waals surface area contributed by atoms with Crippen molar-refractivity contribution in [1.29, 1.82) is 0 Å². The Hall–Kier alpha value is -2.43. The minimum atomic E-state index is -0.274. The fourth-order valence-corrected chi connectivity index (χ4v) is 3.34. The lowest BCUT2D eigenvalue weighted by Crippen LogP contribution is -2.40. The molecule has 2 aliphatic rings. The van der Waals surface area contributed by atoms with Gasteiger partial charge in [0.2, 0.25) is 0 Å². The van der Waals surface area contributed by atoms with Crippen LogP contribution in [0.15, 0.2) is 30.9 Å². The van der Waals surface area contributed by atoms with Gasteiger partial charge in [0.25, 0.3) is 17.7 Å². The van der Waals surface area contributed by atoms with Gasteiger partial charge in [-0.05, 0) is 31.0 Å². The van der Waals surface area contributed by atoms with Crippen LogP contribution in [0.25, 0.3) is 0 Å². The third kappa shape index (κ3) is 2.79. The first-order valence-electron chi connectivity index (χ1n) is 8.04. The van der Waals surface area contributed by atoms with E-state index in [1.165, 1.54) is 11.0 Å². The van der Waals surface area contributed by atoms with Gasteiger partial charge in [0.15, 0.2) is 0 Å².